The van der Waals surface area contributed by atoms with Crippen LogP contribution in [0.4, 0.5) is 0 Å². The number of halogens is 1. The molecule has 0 aliphatic heterocycles. The highest BCUT2D eigenvalue weighted by molar-refractivity contribution is 6.30. The third-order valence-corrected chi connectivity index (χ3v) is 4.05. The molecule has 128 valence electrons. The van der Waals surface area contributed by atoms with Crippen LogP contribution in [0.2, 0.25) is 5.15 Å². The van der Waals surface area contributed by atoms with Gasteiger partial charge in [-0.1, -0.05) is 48.0 Å². The van der Waals surface area contributed by atoms with Crippen LogP contribution in [0.15, 0.2) is 60.9 Å². The summed E-state index contributed by atoms with van der Waals surface area (Å²) < 4.78 is 11.3. The van der Waals surface area contributed by atoms with Gasteiger partial charge in [-0.15, -0.1) is 0 Å². The Morgan fingerprint density at radius 3 is 2.52 bits per heavy atom. The molecule has 2 N–H and O–H groups in total. The molecule has 0 saturated carbocycles. The van der Waals surface area contributed by atoms with Crippen LogP contribution in [0.1, 0.15) is 22.9 Å². The average molecular weight is 356 g/mol. The van der Waals surface area contributed by atoms with Crippen molar-refractivity contribution in [3.05, 3.63) is 82.9 Å². The van der Waals surface area contributed by atoms with Crippen molar-refractivity contribution in [3.63, 3.8) is 0 Å². The van der Waals surface area contributed by atoms with Crippen LogP contribution in [0.3, 0.4) is 0 Å². The fourth-order valence-electron chi connectivity index (χ4n) is 2.43. The molecule has 0 fully saturated rings. The minimum Gasteiger partial charge on any atom is -0.493 e. The molecule has 5 nitrogen and oxygen atoms in total. The Morgan fingerprint density at radius 1 is 1.04 bits per heavy atom. The molecule has 0 bridgehead atoms. The van der Waals surface area contributed by atoms with Crippen molar-refractivity contribution in [1.82, 2.24) is 9.97 Å². The van der Waals surface area contributed by atoms with Crippen LogP contribution in [-0.4, -0.2) is 17.1 Å². The number of benzene rings is 2. The van der Waals surface area contributed by atoms with E-state index >= 15 is 0 Å². The Morgan fingerprint density at radius 2 is 1.80 bits per heavy atom. The monoisotopic (exact) mass is 355 g/mol. The lowest BCUT2D eigenvalue weighted by Gasteiger charge is -2.16. The SMILES string of the molecule is COc1ccc(C(N)c2nccnc2Cl)cc1OCc1ccccc1. The lowest BCUT2D eigenvalue weighted by atomic mass is 10.0. The summed E-state index contributed by atoms with van der Waals surface area (Å²) in [4.78, 5) is 8.25. The van der Waals surface area contributed by atoms with Crippen LogP contribution in [-0.2, 0) is 6.61 Å². The first-order valence-corrected chi connectivity index (χ1v) is 8.13. The fourth-order valence-corrected chi connectivity index (χ4v) is 2.66. The first kappa shape index (κ1) is 17.2. The molecule has 1 aromatic heterocycles. The van der Waals surface area contributed by atoms with E-state index in [4.69, 9.17) is 26.8 Å². The lowest BCUT2D eigenvalue weighted by Crippen LogP contribution is -2.15. The Hall–Kier alpha value is -2.63. The summed E-state index contributed by atoms with van der Waals surface area (Å²) in [6.45, 7) is 0.432. The summed E-state index contributed by atoms with van der Waals surface area (Å²) in [6, 6.07) is 14.9. The normalized spacial score (nSPS) is 11.8. The second-order valence-corrected chi connectivity index (χ2v) is 5.75. The van der Waals surface area contributed by atoms with E-state index in [1.54, 1.807) is 13.3 Å². The predicted molar refractivity (Wildman–Crippen MR) is 96.8 cm³/mol. The van der Waals surface area contributed by atoms with Crippen LogP contribution in [0.25, 0.3) is 0 Å². The molecule has 0 amide bonds. The third-order valence-electron chi connectivity index (χ3n) is 3.76. The summed E-state index contributed by atoms with van der Waals surface area (Å²) in [7, 11) is 1.60. The molecule has 2 aromatic carbocycles. The molecule has 0 spiro atoms. The van der Waals surface area contributed by atoms with E-state index < -0.39 is 6.04 Å². The fraction of sp³-hybridized carbons (Fsp3) is 0.158. The number of hydrogen-bond acceptors (Lipinski definition) is 5. The minimum atomic E-state index is -0.508. The first-order chi connectivity index (χ1) is 12.2. The highest BCUT2D eigenvalue weighted by Gasteiger charge is 2.17. The molecule has 1 heterocycles. The van der Waals surface area contributed by atoms with E-state index in [1.807, 2.05) is 48.5 Å². The van der Waals surface area contributed by atoms with Gasteiger partial charge in [0, 0.05) is 12.4 Å². The number of nitrogens with two attached hydrogens (primary N) is 1. The maximum Gasteiger partial charge on any atom is 0.162 e. The van der Waals surface area contributed by atoms with Crippen molar-refractivity contribution in [3.8, 4) is 11.5 Å². The standard InChI is InChI=1S/C19H18ClN3O2/c1-24-15-8-7-14(17(21)18-19(20)23-10-9-22-18)11-16(15)25-12-13-5-3-2-4-6-13/h2-11,17H,12,21H2,1H3. The number of ether oxygens (including phenoxy) is 2. The summed E-state index contributed by atoms with van der Waals surface area (Å²) in [6.07, 6.45) is 3.10. The maximum absolute atomic E-state index is 6.30. The number of hydrogen-bond donors (Lipinski definition) is 1. The van der Waals surface area contributed by atoms with E-state index in [0.717, 1.165) is 11.1 Å². The summed E-state index contributed by atoms with van der Waals surface area (Å²) in [5, 5.41) is 0.289. The highest BCUT2D eigenvalue weighted by atomic mass is 35.5. The Kier molecular flexibility index (Phi) is 5.48. The highest BCUT2D eigenvalue weighted by Crippen LogP contribution is 2.32. The number of aromatic nitrogens is 2. The van der Waals surface area contributed by atoms with Gasteiger partial charge in [-0.2, -0.15) is 0 Å². The Bertz CT molecular complexity index is 843. The molecule has 0 aliphatic rings. The predicted octanol–water partition coefficient (Wildman–Crippen LogP) is 3.77. The van der Waals surface area contributed by atoms with E-state index in [0.29, 0.717) is 23.8 Å². The van der Waals surface area contributed by atoms with Gasteiger partial charge >= 0.3 is 0 Å². The molecular weight excluding hydrogens is 338 g/mol. The Balaban J connectivity index is 1.85. The van der Waals surface area contributed by atoms with Gasteiger partial charge < -0.3 is 15.2 Å². The zero-order chi connectivity index (χ0) is 17.6. The molecule has 1 atom stereocenters. The van der Waals surface area contributed by atoms with Crippen LogP contribution < -0.4 is 15.2 Å². The second kappa shape index (κ2) is 7.96. The van der Waals surface area contributed by atoms with E-state index in [-0.39, 0.29) is 5.15 Å². The first-order valence-electron chi connectivity index (χ1n) is 7.75. The molecule has 6 heteroatoms. The van der Waals surface area contributed by atoms with Crippen LogP contribution >= 0.6 is 11.6 Å². The van der Waals surface area contributed by atoms with E-state index in [1.165, 1.54) is 6.20 Å². The topological polar surface area (TPSA) is 70.3 Å². The molecule has 3 rings (SSSR count). The largest absolute Gasteiger partial charge is 0.493 e. The number of methoxy groups -OCH3 is 1. The van der Waals surface area contributed by atoms with Crippen molar-refractivity contribution in [2.45, 2.75) is 12.6 Å². The van der Waals surface area contributed by atoms with Crippen LogP contribution in [0, 0.1) is 0 Å². The molecule has 1 unspecified atom stereocenters. The van der Waals surface area contributed by atoms with Gasteiger partial charge in [0.1, 0.15) is 6.61 Å². The van der Waals surface area contributed by atoms with Crippen molar-refractivity contribution < 1.29 is 9.47 Å². The van der Waals surface area contributed by atoms with E-state index in [9.17, 15) is 0 Å². The van der Waals surface area contributed by atoms with Crippen LogP contribution in [0.5, 0.6) is 11.5 Å². The molecule has 25 heavy (non-hydrogen) atoms. The van der Waals surface area contributed by atoms with Crippen molar-refractivity contribution in [2.24, 2.45) is 5.73 Å². The molecule has 3 aromatic rings. The van der Waals surface area contributed by atoms with Crippen molar-refractivity contribution in [2.75, 3.05) is 7.11 Å². The maximum atomic E-state index is 6.30. The van der Waals surface area contributed by atoms with Gasteiger partial charge in [0.05, 0.1) is 18.8 Å². The smallest absolute Gasteiger partial charge is 0.162 e. The summed E-state index contributed by atoms with van der Waals surface area (Å²) >= 11 is 6.10. The zero-order valence-electron chi connectivity index (χ0n) is 13.7. The summed E-state index contributed by atoms with van der Waals surface area (Å²) in [5.41, 5.74) is 8.70. The molecular formula is C19H18ClN3O2. The van der Waals surface area contributed by atoms with Gasteiger partial charge in [-0.3, -0.25) is 4.98 Å². The minimum absolute atomic E-state index is 0.289. The average Bonchev–Trinajstić information content (AvgIpc) is 2.67. The third kappa shape index (κ3) is 4.07. The van der Waals surface area contributed by atoms with Gasteiger partial charge in [0.2, 0.25) is 0 Å². The van der Waals surface area contributed by atoms with Gasteiger partial charge in [0.15, 0.2) is 16.7 Å². The zero-order valence-corrected chi connectivity index (χ0v) is 14.5. The van der Waals surface area contributed by atoms with Crippen molar-refractivity contribution >= 4 is 11.6 Å². The van der Waals surface area contributed by atoms with E-state index in [2.05, 4.69) is 9.97 Å². The van der Waals surface area contributed by atoms with Crippen molar-refractivity contribution in [1.29, 1.82) is 0 Å². The number of nitrogens with zero attached hydrogens (tertiary/aromatic N) is 2. The molecule has 0 aliphatic carbocycles. The summed E-state index contributed by atoms with van der Waals surface area (Å²) in [5.74, 6) is 1.25. The molecule has 0 radical (unpaired) electrons. The van der Waals surface area contributed by atoms with Gasteiger partial charge in [0.25, 0.3) is 0 Å². The second-order valence-electron chi connectivity index (χ2n) is 5.39. The number of rotatable bonds is 6. The molecule has 0 saturated heterocycles. The quantitative estimate of drug-likeness (QED) is 0.728. The lowest BCUT2D eigenvalue weighted by molar-refractivity contribution is 0.284. The Labute approximate surface area is 151 Å². The van der Waals surface area contributed by atoms with Gasteiger partial charge in [-0.05, 0) is 23.3 Å². The van der Waals surface area contributed by atoms with Gasteiger partial charge in [-0.25, -0.2) is 4.98 Å².